The number of aryl methyl sites for hydroxylation is 1. The molecule has 2 heterocycles. The number of carbonyl (C=O) groups excluding carboxylic acids is 1. The van der Waals surface area contributed by atoms with Gasteiger partial charge in [-0.15, -0.1) is 0 Å². The van der Waals surface area contributed by atoms with Crippen molar-refractivity contribution in [2.45, 2.75) is 25.4 Å². The van der Waals surface area contributed by atoms with Gasteiger partial charge in [0.05, 0.1) is 19.8 Å². The number of morpholine rings is 1. The van der Waals surface area contributed by atoms with Crippen molar-refractivity contribution in [3.8, 4) is 5.75 Å². The van der Waals surface area contributed by atoms with Crippen LogP contribution in [-0.4, -0.2) is 79.0 Å². The lowest BCUT2D eigenvalue weighted by Crippen LogP contribution is -2.42. The topological polar surface area (TPSA) is 62.2 Å². The minimum absolute atomic E-state index is 0.109. The largest absolute Gasteiger partial charge is 0.491 e. The van der Waals surface area contributed by atoms with E-state index in [0.717, 1.165) is 44.2 Å². The highest BCUT2D eigenvalue weighted by molar-refractivity contribution is 5.76. The number of hydrogen-bond acceptors (Lipinski definition) is 5. The second kappa shape index (κ2) is 8.17. The predicted octanol–water partition coefficient (Wildman–Crippen LogP) is 1.06. The Morgan fingerprint density at radius 2 is 2.12 bits per heavy atom. The zero-order valence-electron chi connectivity index (χ0n) is 14.9. The van der Waals surface area contributed by atoms with Gasteiger partial charge >= 0.3 is 0 Å². The highest BCUT2D eigenvalue weighted by Gasteiger charge is 2.38. The Labute approximate surface area is 149 Å². The fraction of sp³-hybridized carbons (Fsp3) is 0.632. The van der Waals surface area contributed by atoms with Gasteiger partial charge in [-0.2, -0.15) is 0 Å². The number of β-amino-alcohol motifs (C(OH)–C–C–N with tert-alkyl or cyclic N) is 1. The van der Waals surface area contributed by atoms with Crippen LogP contribution >= 0.6 is 0 Å². The minimum atomic E-state index is -0.960. The first-order valence-corrected chi connectivity index (χ1v) is 9.04. The molecule has 0 unspecified atom stereocenters. The normalized spacial score (nSPS) is 24.5. The van der Waals surface area contributed by atoms with Crippen molar-refractivity contribution in [3.05, 3.63) is 29.8 Å². The summed E-state index contributed by atoms with van der Waals surface area (Å²) in [5, 5.41) is 10.7. The summed E-state index contributed by atoms with van der Waals surface area (Å²) in [6.07, 6.45) is 1.05. The van der Waals surface area contributed by atoms with Crippen LogP contribution in [-0.2, 0) is 9.53 Å². The van der Waals surface area contributed by atoms with Crippen molar-refractivity contribution in [1.82, 2.24) is 9.80 Å². The smallest absolute Gasteiger partial charge is 0.223 e. The summed E-state index contributed by atoms with van der Waals surface area (Å²) in [5.74, 6) is 0.864. The SMILES string of the molecule is Cc1cccc(OC[C@]2(O)CCN(C(=O)CCN3CCOCC3)C2)c1. The molecule has 1 aromatic rings. The van der Waals surface area contributed by atoms with Crippen molar-refractivity contribution < 1.29 is 19.4 Å². The first kappa shape index (κ1) is 18.2. The average molecular weight is 348 g/mol. The summed E-state index contributed by atoms with van der Waals surface area (Å²) in [6, 6.07) is 7.77. The zero-order valence-corrected chi connectivity index (χ0v) is 14.9. The molecule has 1 aromatic carbocycles. The molecule has 138 valence electrons. The summed E-state index contributed by atoms with van der Waals surface area (Å²) >= 11 is 0. The molecule has 2 saturated heterocycles. The molecule has 2 aliphatic rings. The molecule has 1 atom stereocenters. The van der Waals surface area contributed by atoms with E-state index in [1.165, 1.54) is 0 Å². The van der Waals surface area contributed by atoms with Gasteiger partial charge in [0.2, 0.25) is 5.91 Å². The number of nitrogens with zero attached hydrogens (tertiary/aromatic N) is 2. The van der Waals surface area contributed by atoms with E-state index in [0.29, 0.717) is 25.9 Å². The summed E-state index contributed by atoms with van der Waals surface area (Å²) < 4.78 is 11.1. The summed E-state index contributed by atoms with van der Waals surface area (Å²) in [6.45, 7) is 7.19. The number of carbonyl (C=O) groups is 1. The Balaban J connectivity index is 1.44. The Kier molecular flexibility index (Phi) is 5.93. The molecule has 3 rings (SSSR count). The molecule has 2 fully saturated rings. The van der Waals surface area contributed by atoms with Gasteiger partial charge in [0.15, 0.2) is 0 Å². The maximum atomic E-state index is 12.4. The monoisotopic (exact) mass is 348 g/mol. The summed E-state index contributed by atoms with van der Waals surface area (Å²) in [5.41, 5.74) is 0.161. The maximum Gasteiger partial charge on any atom is 0.223 e. The fourth-order valence-electron chi connectivity index (χ4n) is 3.35. The van der Waals surface area contributed by atoms with Gasteiger partial charge in [-0.05, 0) is 31.0 Å². The summed E-state index contributed by atoms with van der Waals surface area (Å²) in [4.78, 5) is 16.4. The Bertz CT molecular complexity index is 589. The predicted molar refractivity (Wildman–Crippen MR) is 94.7 cm³/mol. The van der Waals surface area contributed by atoms with Gasteiger partial charge in [0.1, 0.15) is 18.0 Å². The zero-order chi connectivity index (χ0) is 17.7. The third-order valence-electron chi connectivity index (χ3n) is 4.93. The van der Waals surface area contributed by atoms with Crippen LogP contribution in [0.15, 0.2) is 24.3 Å². The molecule has 6 heteroatoms. The van der Waals surface area contributed by atoms with Crippen LogP contribution < -0.4 is 4.74 Å². The number of aliphatic hydroxyl groups is 1. The van der Waals surface area contributed by atoms with E-state index in [1.54, 1.807) is 4.90 Å². The third-order valence-corrected chi connectivity index (χ3v) is 4.93. The van der Waals surface area contributed by atoms with Gasteiger partial charge in [-0.1, -0.05) is 12.1 Å². The summed E-state index contributed by atoms with van der Waals surface area (Å²) in [7, 11) is 0. The molecule has 0 bridgehead atoms. The maximum absolute atomic E-state index is 12.4. The molecule has 0 radical (unpaired) electrons. The highest BCUT2D eigenvalue weighted by atomic mass is 16.5. The van der Waals surface area contributed by atoms with Crippen molar-refractivity contribution in [1.29, 1.82) is 0 Å². The first-order valence-electron chi connectivity index (χ1n) is 9.04. The van der Waals surface area contributed by atoms with Crippen LogP contribution in [0.25, 0.3) is 0 Å². The molecule has 2 aliphatic heterocycles. The number of likely N-dealkylation sites (tertiary alicyclic amines) is 1. The van der Waals surface area contributed by atoms with Gasteiger partial charge in [-0.25, -0.2) is 0 Å². The van der Waals surface area contributed by atoms with Crippen molar-refractivity contribution in [2.75, 3.05) is 52.5 Å². The highest BCUT2D eigenvalue weighted by Crippen LogP contribution is 2.24. The first-order chi connectivity index (χ1) is 12.0. The molecule has 1 amide bonds. The third kappa shape index (κ3) is 5.17. The van der Waals surface area contributed by atoms with E-state index < -0.39 is 5.60 Å². The minimum Gasteiger partial charge on any atom is -0.491 e. The van der Waals surface area contributed by atoms with Crippen LogP contribution in [0, 0.1) is 6.92 Å². The number of hydrogen-bond donors (Lipinski definition) is 1. The van der Waals surface area contributed by atoms with Crippen molar-refractivity contribution >= 4 is 5.91 Å². The second-order valence-electron chi connectivity index (χ2n) is 7.10. The van der Waals surface area contributed by atoms with E-state index >= 15 is 0 Å². The van der Waals surface area contributed by atoms with Crippen LogP contribution in [0.1, 0.15) is 18.4 Å². The Hall–Kier alpha value is -1.63. The van der Waals surface area contributed by atoms with Gasteiger partial charge < -0.3 is 19.5 Å². The van der Waals surface area contributed by atoms with Crippen molar-refractivity contribution in [3.63, 3.8) is 0 Å². The van der Waals surface area contributed by atoms with Crippen LogP contribution in [0.2, 0.25) is 0 Å². The quantitative estimate of drug-likeness (QED) is 0.833. The van der Waals surface area contributed by atoms with Crippen LogP contribution in [0.3, 0.4) is 0 Å². The molecular weight excluding hydrogens is 320 g/mol. The number of amides is 1. The van der Waals surface area contributed by atoms with Gasteiger partial charge in [0.25, 0.3) is 0 Å². The molecule has 1 N–H and O–H groups in total. The molecule has 6 nitrogen and oxygen atoms in total. The van der Waals surface area contributed by atoms with Crippen molar-refractivity contribution in [2.24, 2.45) is 0 Å². The van der Waals surface area contributed by atoms with E-state index in [2.05, 4.69) is 4.90 Å². The molecule has 0 aliphatic carbocycles. The van der Waals surface area contributed by atoms with E-state index in [9.17, 15) is 9.90 Å². The lowest BCUT2D eigenvalue weighted by Gasteiger charge is -2.27. The van der Waals surface area contributed by atoms with E-state index in [4.69, 9.17) is 9.47 Å². The van der Waals surface area contributed by atoms with E-state index in [-0.39, 0.29) is 12.5 Å². The Morgan fingerprint density at radius 3 is 2.88 bits per heavy atom. The number of rotatable bonds is 6. The number of benzene rings is 1. The standard InChI is InChI=1S/C19H28N2O4/c1-16-3-2-4-17(13-16)25-15-19(23)6-8-21(14-19)18(22)5-7-20-9-11-24-12-10-20/h2-4,13,23H,5-12,14-15H2,1H3/t19-/m0/s1. The molecule has 0 spiro atoms. The lowest BCUT2D eigenvalue weighted by molar-refractivity contribution is -0.132. The van der Waals surface area contributed by atoms with E-state index in [1.807, 2.05) is 31.2 Å². The molecule has 0 saturated carbocycles. The lowest BCUT2D eigenvalue weighted by atomic mass is 10.1. The average Bonchev–Trinajstić information content (AvgIpc) is 3.02. The molecule has 0 aromatic heterocycles. The molecular formula is C19H28N2O4. The van der Waals surface area contributed by atoms with Gasteiger partial charge in [0, 0.05) is 32.6 Å². The van der Waals surface area contributed by atoms with Crippen LogP contribution in [0.5, 0.6) is 5.75 Å². The number of ether oxygens (including phenoxy) is 2. The fourth-order valence-corrected chi connectivity index (χ4v) is 3.35. The second-order valence-corrected chi connectivity index (χ2v) is 7.10. The molecule has 25 heavy (non-hydrogen) atoms. The van der Waals surface area contributed by atoms with Gasteiger partial charge in [-0.3, -0.25) is 9.69 Å². The van der Waals surface area contributed by atoms with Crippen LogP contribution in [0.4, 0.5) is 0 Å². The Morgan fingerprint density at radius 1 is 1.32 bits per heavy atom.